The molecule has 0 saturated carbocycles. The van der Waals surface area contributed by atoms with Crippen LogP contribution in [0.15, 0.2) is 30.8 Å². The molecule has 0 radical (unpaired) electrons. The second-order valence-corrected chi connectivity index (χ2v) is 3.89. The first-order valence-electron chi connectivity index (χ1n) is 5.54. The molecule has 0 N–H and O–H groups in total. The van der Waals surface area contributed by atoms with Gasteiger partial charge in [0.15, 0.2) is 0 Å². The minimum Gasteiger partial charge on any atom is -0.494 e. The van der Waals surface area contributed by atoms with E-state index in [0.717, 1.165) is 12.1 Å². The second-order valence-electron chi connectivity index (χ2n) is 3.89. The van der Waals surface area contributed by atoms with Crippen LogP contribution in [0.5, 0.6) is 5.75 Å². The molecule has 0 aliphatic carbocycles. The molecule has 0 spiro atoms. The zero-order valence-corrected chi connectivity index (χ0v) is 10.6. The topological polar surface area (TPSA) is 18.5 Å². The zero-order valence-electron chi connectivity index (χ0n) is 10.6. The van der Waals surface area contributed by atoms with Gasteiger partial charge in [-0.15, -0.1) is 0 Å². The first-order chi connectivity index (χ1) is 8.67. The molecule has 0 fully saturated rings. The van der Waals surface area contributed by atoms with Gasteiger partial charge in [0.2, 0.25) is 0 Å². The van der Waals surface area contributed by atoms with Crippen LogP contribution >= 0.6 is 0 Å². The molecule has 0 aromatic heterocycles. The highest BCUT2D eigenvalue weighted by atomic mass is 19.3. The average molecular weight is 278 g/mol. The molecule has 1 aromatic carbocycles. The van der Waals surface area contributed by atoms with Crippen LogP contribution in [0.3, 0.4) is 0 Å². The standard InChI is InChI=1S/C13H14F4O2/c1-4-18-9(2)10-5-7-11(8-6-10)19-13(16,17)12(3,14)15/h5-8H,2,4H2,1,3H3. The van der Waals surface area contributed by atoms with Crippen LogP contribution in [-0.4, -0.2) is 18.6 Å². The Bertz CT molecular complexity index is 435. The van der Waals surface area contributed by atoms with Crippen molar-refractivity contribution in [2.24, 2.45) is 0 Å². The molecule has 0 unspecified atom stereocenters. The van der Waals surface area contributed by atoms with Crippen molar-refractivity contribution in [2.45, 2.75) is 25.9 Å². The van der Waals surface area contributed by atoms with Gasteiger partial charge in [-0.2, -0.15) is 17.6 Å². The van der Waals surface area contributed by atoms with E-state index < -0.39 is 12.0 Å². The van der Waals surface area contributed by atoms with E-state index in [0.29, 0.717) is 17.9 Å². The fourth-order valence-corrected chi connectivity index (χ4v) is 1.20. The molecule has 0 amide bonds. The van der Waals surface area contributed by atoms with Crippen LogP contribution < -0.4 is 4.74 Å². The van der Waals surface area contributed by atoms with Crippen LogP contribution in [0.1, 0.15) is 19.4 Å². The highest BCUT2D eigenvalue weighted by molar-refractivity contribution is 5.58. The molecule has 0 heterocycles. The first-order valence-corrected chi connectivity index (χ1v) is 5.54. The summed E-state index contributed by atoms with van der Waals surface area (Å²) < 4.78 is 60.3. The van der Waals surface area contributed by atoms with Gasteiger partial charge in [-0.1, -0.05) is 6.58 Å². The Morgan fingerprint density at radius 1 is 1.16 bits per heavy atom. The van der Waals surface area contributed by atoms with E-state index in [1.807, 2.05) is 0 Å². The van der Waals surface area contributed by atoms with Crippen molar-refractivity contribution in [2.75, 3.05) is 6.61 Å². The maximum absolute atomic E-state index is 13.0. The summed E-state index contributed by atoms with van der Waals surface area (Å²) in [5.74, 6) is -4.26. The summed E-state index contributed by atoms with van der Waals surface area (Å²) in [4.78, 5) is 0. The highest BCUT2D eigenvalue weighted by Crippen LogP contribution is 2.35. The van der Waals surface area contributed by atoms with Crippen molar-refractivity contribution in [3.63, 3.8) is 0 Å². The predicted molar refractivity (Wildman–Crippen MR) is 63.3 cm³/mol. The summed E-state index contributed by atoms with van der Waals surface area (Å²) in [5, 5.41) is 0. The Morgan fingerprint density at radius 2 is 1.68 bits per heavy atom. The number of rotatable bonds is 6. The van der Waals surface area contributed by atoms with E-state index in [-0.39, 0.29) is 12.7 Å². The molecule has 1 rings (SSSR count). The molecule has 1 aromatic rings. The van der Waals surface area contributed by atoms with E-state index in [1.165, 1.54) is 12.1 Å². The quantitative estimate of drug-likeness (QED) is 0.570. The summed E-state index contributed by atoms with van der Waals surface area (Å²) >= 11 is 0. The molecular formula is C13H14F4O2. The number of hydrogen-bond acceptors (Lipinski definition) is 2. The second kappa shape index (κ2) is 5.50. The number of hydrogen-bond donors (Lipinski definition) is 0. The lowest BCUT2D eigenvalue weighted by atomic mass is 10.2. The summed E-state index contributed by atoms with van der Waals surface area (Å²) in [6.45, 7) is 5.91. The van der Waals surface area contributed by atoms with E-state index in [9.17, 15) is 17.6 Å². The lowest BCUT2D eigenvalue weighted by Gasteiger charge is -2.23. The van der Waals surface area contributed by atoms with Crippen LogP contribution in [0, 0.1) is 0 Å². The Labute approximate surface area is 108 Å². The van der Waals surface area contributed by atoms with Crippen LogP contribution in [0.4, 0.5) is 17.6 Å². The molecule has 106 valence electrons. The molecule has 6 heteroatoms. The predicted octanol–water partition coefficient (Wildman–Crippen LogP) is 4.32. The van der Waals surface area contributed by atoms with Gasteiger partial charge in [-0.25, -0.2) is 0 Å². The molecule has 0 atom stereocenters. The van der Waals surface area contributed by atoms with Crippen molar-refractivity contribution >= 4 is 5.76 Å². The van der Waals surface area contributed by atoms with Crippen molar-refractivity contribution in [1.82, 2.24) is 0 Å². The summed E-state index contributed by atoms with van der Waals surface area (Å²) in [5.41, 5.74) is 0.556. The van der Waals surface area contributed by atoms with Gasteiger partial charge >= 0.3 is 12.0 Å². The van der Waals surface area contributed by atoms with Crippen LogP contribution in [0.2, 0.25) is 0 Å². The largest absolute Gasteiger partial charge is 0.494 e. The molecular weight excluding hydrogens is 264 g/mol. The molecule has 19 heavy (non-hydrogen) atoms. The number of benzene rings is 1. The van der Waals surface area contributed by atoms with Gasteiger partial charge in [0.1, 0.15) is 11.5 Å². The third-order valence-corrected chi connectivity index (χ3v) is 2.25. The molecule has 0 saturated heterocycles. The van der Waals surface area contributed by atoms with Gasteiger partial charge in [-0.3, -0.25) is 0 Å². The SMILES string of the molecule is C=C(OCC)c1ccc(OC(F)(F)C(C)(F)F)cc1. The summed E-state index contributed by atoms with van der Waals surface area (Å²) in [6.07, 6.45) is -4.56. The maximum Gasteiger partial charge on any atom is 0.463 e. The zero-order chi connectivity index (χ0) is 14.7. The smallest absolute Gasteiger partial charge is 0.463 e. The Balaban J connectivity index is 2.81. The molecule has 2 nitrogen and oxygen atoms in total. The van der Waals surface area contributed by atoms with Gasteiger partial charge in [0, 0.05) is 12.5 Å². The van der Waals surface area contributed by atoms with Crippen molar-refractivity contribution in [3.05, 3.63) is 36.4 Å². The third kappa shape index (κ3) is 3.87. The van der Waals surface area contributed by atoms with Crippen molar-refractivity contribution in [3.8, 4) is 5.75 Å². The van der Waals surface area contributed by atoms with Gasteiger partial charge in [-0.05, 0) is 31.2 Å². The Kier molecular flexibility index (Phi) is 4.44. The minimum absolute atomic E-state index is 0.0955. The van der Waals surface area contributed by atoms with Gasteiger partial charge in [0.25, 0.3) is 0 Å². The van der Waals surface area contributed by atoms with E-state index in [1.54, 1.807) is 6.92 Å². The monoisotopic (exact) mass is 278 g/mol. The van der Waals surface area contributed by atoms with E-state index in [2.05, 4.69) is 11.3 Å². The molecule has 0 aliphatic rings. The van der Waals surface area contributed by atoms with Gasteiger partial charge < -0.3 is 9.47 Å². The van der Waals surface area contributed by atoms with Gasteiger partial charge in [0.05, 0.1) is 6.61 Å². The number of alkyl halides is 4. The minimum atomic E-state index is -4.56. The van der Waals surface area contributed by atoms with Crippen molar-refractivity contribution < 1.29 is 27.0 Å². The molecule has 0 bridgehead atoms. The van der Waals surface area contributed by atoms with E-state index in [4.69, 9.17) is 4.74 Å². The number of halogens is 4. The Hall–Kier alpha value is -1.72. The van der Waals surface area contributed by atoms with E-state index >= 15 is 0 Å². The Morgan fingerprint density at radius 3 is 2.11 bits per heavy atom. The summed E-state index contributed by atoms with van der Waals surface area (Å²) in [7, 11) is 0. The highest BCUT2D eigenvalue weighted by Gasteiger charge is 2.55. The average Bonchev–Trinajstić information content (AvgIpc) is 2.28. The maximum atomic E-state index is 13.0. The van der Waals surface area contributed by atoms with Crippen molar-refractivity contribution in [1.29, 1.82) is 0 Å². The van der Waals surface area contributed by atoms with Crippen LogP contribution in [-0.2, 0) is 4.74 Å². The fourth-order valence-electron chi connectivity index (χ4n) is 1.20. The molecule has 0 aliphatic heterocycles. The lowest BCUT2D eigenvalue weighted by Crippen LogP contribution is -2.42. The first kappa shape index (κ1) is 15.3. The number of ether oxygens (including phenoxy) is 2. The fraction of sp³-hybridized carbons (Fsp3) is 0.385. The lowest BCUT2D eigenvalue weighted by molar-refractivity contribution is -0.301. The summed E-state index contributed by atoms with van der Waals surface area (Å²) in [6, 6.07) is 5.10. The normalized spacial score (nSPS) is 12.1. The van der Waals surface area contributed by atoms with Crippen LogP contribution in [0.25, 0.3) is 5.76 Å². The third-order valence-electron chi connectivity index (χ3n) is 2.25.